The maximum absolute atomic E-state index is 14.2. The van der Waals surface area contributed by atoms with Crippen molar-refractivity contribution in [2.45, 2.75) is 51.3 Å². The molecular formula is C30H26F3NO4. The lowest BCUT2D eigenvalue weighted by Crippen LogP contribution is -2.11. The summed E-state index contributed by atoms with van der Waals surface area (Å²) in [7, 11) is 1.35. The SMILES string of the molecule is COC(=O)CC1COc2cc(O[C@@H]3CCc4c3ccc(C(F)(F)F)c4-c3c(C)cc(C#N)cc3C)ccc21. The Balaban J connectivity index is 1.50. The van der Waals surface area contributed by atoms with Crippen LogP contribution < -0.4 is 9.47 Å². The smallest absolute Gasteiger partial charge is 0.417 e. The topological polar surface area (TPSA) is 68.6 Å². The molecule has 0 fully saturated rings. The molecule has 0 saturated carbocycles. The largest absolute Gasteiger partial charge is 0.492 e. The molecule has 1 aliphatic carbocycles. The average molecular weight is 522 g/mol. The number of hydrogen-bond acceptors (Lipinski definition) is 5. The van der Waals surface area contributed by atoms with E-state index in [0.29, 0.717) is 58.8 Å². The molecule has 2 aliphatic rings. The molecule has 0 saturated heterocycles. The zero-order chi connectivity index (χ0) is 27.2. The number of fused-ring (bicyclic) bond motifs is 2. The summed E-state index contributed by atoms with van der Waals surface area (Å²) in [5.74, 6) is 0.774. The number of esters is 1. The molecule has 8 heteroatoms. The molecule has 38 heavy (non-hydrogen) atoms. The Bertz CT molecular complexity index is 1450. The molecule has 0 spiro atoms. The number of methoxy groups -OCH3 is 1. The van der Waals surface area contributed by atoms with Gasteiger partial charge < -0.3 is 14.2 Å². The van der Waals surface area contributed by atoms with Gasteiger partial charge in [0, 0.05) is 17.5 Å². The second kappa shape index (κ2) is 9.71. The zero-order valence-electron chi connectivity index (χ0n) is 21.2. The minimum atomic E-state index is -4.53. The fraction of sp³-hybridized carbons (Fsp3) is 0.333. The molecule has 5 nitrogen and oxygen atoms in total. The number of nitriles is 1. The normalized spacial score (nSPS) is 17.8. The zero-order valence-corrected chi connectivity index (χ0v) is 21.2. The van der Waals surface area contributed by atoms with Crippen molar-refractivity contribution >= 4 is 5.97 Å². The maximum atomic E-state index is 14.2. The van der Waals surface area contributed by atoms with Crippen molar-refractivity contribution in [3.63, 3.8) is 0 Å². The molecule has 1 unspecified atom stereocenters. The van der Waals surface area contributed by atoms with Crippen molar-refractivity contribution < 1.29 is 32.2 Å². The third-order valence-corrected chi connectivity index (χ3v) is 7.35. The summed E-state index contributed by atoms with van der Waals surface area (Å²) in [5.41, 5.74) is 3.91. The molecule has 0 bridgehead atoms. The predicted octanol–water partition coefficient (Wildman–Crippen LogP) is 6.97. The Hall–Kier alpha value is -3.99. The lowest BCUT2D eigenvalue weighted by atomic mass is 9.86. The van der Waals surface area contributed by atoms with Crippen LogP contribution >= 0.6 is 0 Å². The molecule has 0 amide bonds. The summed E-state index contributed by atoms with van der Waals surface area (Å²) in [6, 6.07) is 13.4. The molecule has 2 atom stereocenters. The highest BCUT2D eigenvalue weighted by Crippen LogP contribution is 2.48. The van der Waals surface area contributed by atoms with Crippen LogP contribution in [0.3, 0.4) is 0 Å². The van der Waals surface area contributed by atoms with Gasteiger partial charge in [0.2, 0.25) is 0 Å². The van der Waals surface area contributed by atoms with Crippen LogP contribution in [0.4, 0.5) is 13.2 Å². The van der Waals surface area contributed by atoms with Crippen LogP contribution in [0.25, 0.3) is 11.1 Å². The minimum absolute atomic E-state index is 0.0963. The second-order valence-corrected chi connectivity index (χ2v) is 9.78. The first-order chi connectivity index (χ1) is 18.1. The maximum Gasteiger partial charge on any atom is 0.417 e. The Morgan fingerprint density at radius 3 is 2.45 bits per heavy atom. The number of nitrogens with zero attached hydrogens (tertiary/aromatic N) is 1. The van der Waals surface area contributed by atoms with E-state index in [1.807, 2.05) is 6.07 Å². The van der Waals surface area contributed by atoms with E-state index in [4.69, 9.17) is 14.2 Å². The number of halogens is 3. The molecule has 0 N–H and O–H groups in total. The molecular weight excluding hydrogens is 495 g/mol. The van der Waals surface area contributed by atoms with Crippen molar-refractivity contribution in [3.05, 3.63) is 81.4 Å². The van der Waals surface area contributed by atoms with Gasteiger partial charge in [-0.1, -0.05) is 12.1 Å². The average Bonchev–Trinajstić information content (AvgIpc) is 3.46. The van der Waals surface area contributed by atoms with Crippen LogP contribution in [-0.2, 0) is 22.1 Å². The fourth-order valence-electron chi connectivity index (χ4n) is 5.68. The van der Waals surface area contributed by atoms with Crippen molar-refractivity contribution in [2.24, 2.45) is 0 Å². The first-order valence-electron chi connectivity index (χ1n) is 12.4. The Labute approximate surface area is 218 Å². The standard InChI is InChI=1S/C30H26F3NO4/c1-16-10-18(14-34)11-17(2)28(16)29-23-7-9-25(22(23)6-8-24(29)30(31,32)33)38-20-4-5-21-19(12-27(35)36-3)15-37-26(21)13-20/h4-6,8,10-11,13,19,25H,7,9,12,15H2,1-3H3/t19?,25-/m1/s1. The van der Waals surface area contributed by atoms with Gasteiger partial charge in [-0.2, -0.15) is 18.4 Å². The summed E-state index contributed by atoms with van der Waals surface area (Å²) < 4.78 is 59.4. The lowest BCUT2D eigenvalue weighted by molar-refractivity contribution is -0.141. The lowest BCUT2D eigenvalue weighted by Gasteiger charge is -2.22. The summed E-state index contributed by atoms with van der Waals surface area (Å²) in [6.45, 7) is 3.85. The highest BCUT2D eigenvalue weighted by atomic mass is 19.4. The van der Waals surface area contributed by atoms with Gasteiger partial charge in [0.25, 0.3) is 0 Å². The number of alkyl halides is 3. The summed E-state index contributed by atoms with van der Waals surface area (Å²) in [6.07, 6.45) is -3.77. The highest BCUT2D eigenvalue weighted by molar-refractivity contribution is 5.80. The molecule has 1 aliphatic heterocycles. The van der Waals surface area contributed by atoms with Crippen molar-refractivity contribution in [3.8, 4) is 28.7 Å². The van der Waals surface area contributed by atoms with E-state index in [0.717, 1.165) is 17.2 Å². The van der Waals surface area contributed by atoms with Crippen LogP contribution in [0.2, 0.25) is 0 Å². The number of ether oxygens (including phenoxy) is 3. The van der Waals surface area contributed by atoms with E-state index in [-0.39, 0.29) is 23.9 Å². The van der Waals surface area contributed by atoms with E-state index in [1.54, 1.807) is 38.1 Å². The fourth-order valence-corrected chi connectivity index (χ4v) is 5.68. The molecule has 5 rings (SSSR count). The van der Waals surface area contributed by atoms with Gasteiger partial charge in [-0.15, -0.1) is 0 Å². The number of hydrogen-bond donors (Lipinski definition) is 0. The van der Waals surface area contributed by atoms with Crippen LogP contribution in [0.1, 0.15) is 63.8 Å². The quantitative estimate of drug-likeness (QED) is 0.339. The minimum Gasteiger partial charge on any atom is -0.492 e. The van der Waals surface area contributed by atoms with E-state index < -0.39 is 17.8 Å². The molecule has 0 aromatic heterocycles. The molecule has 0 radical (unpaired) electrons. The van der Waals surface area contributed by atoms with E-state index in [2.05, 4.69) is 6.07 Å². The first kappa shape index (κ1) is 25.7. The number of benzene rings is 3. The van der Waals surface area contributed by atoms with E-state index >= 15 is 0 Å². The number of aryl methyl sites for hydroxylation is 2. The van der Waals surface area contributed by atoms with Crippen LogP contribution in [0.5, 0.6) is 11.5 Å². The monoisotopic (exact) mass is 521 g/mol. The summed E-state index contributed by atoms with van der Waals surface area (Å²) in [5, 5.41) is 9.31. The van der Waals surface area contributed by atoms with Gasteiger partial charge in [0.05, 0.1) is 37.3 Å². The van der Waals surface area contributed by atoms with Crippen molar-refractivity contribution in [2.75, 3.05) is 13.7 Å². The number of carbonyl (C=O) groups excluding carboxylic acids is 1. The predicted molar refractivity (Wildman–Crippen MR) is 134 cm³/mol. The second-order valence-electron chi connectivity index (χ2n) is 9.78. The molecule has 3 aromatic rings. The summed E-state index contributed by atoms with van der Waals surface area (Å²) >= 11 is 0. The van der Waals surface area contributed by atoms with Crippen molar-refractivity contribution in [1.29, 1.82) is 5.26 Å². The molecule has 3 aromatic carbocycles. The van der Waals surface area contributed by atoms with Gasteiger partial charge in [0.1, 0.15) is 17.6 Å². The first-order valence-corrected chi connectivity index (χ1v) is 12.4. The van der Waals surface area contributed by atoms with Gasteiger partial charge in [-0.05, 0) is 84.3 Å². The van der Waals surface area contributed by atoms with Gasteiger partial charge in [-0.25, -0.2) is 0 Å². The Morgan fingerprint density at radius 1 is 1.08 bits per heavy atom. The van der Waals surface area contributed by atoms with Gasteiger partial charge in [0.15, 0.2) is 0 Å². The molecule has 1 heterocycles. The third kappa shape index (κ3) is 4.58. The van der Waals surface area contributed by atoms with Crippen LogP contribution in [-0.4, -0.2) is 19.7 Å². The number of rotatable bonds is 5. The van der Waals surface area contributed by atoms with Crippen LogP contribution in [0, 0.1) is 25.2 Å². The van der Waals surface area contributed by atoms with E-state index in [1.165, 1.54) is 13.2 Å². The van der Waals surface area contributed by atoms with Gasteiger partial charge >= 0.3 is 12.1 Å². The highest BCUT2D eigenvalue weighted by Gasteiger charge is 2.39. The van der Waals surface area contributed by atoms with Gasteiger partial charge in [-0.3, -0.25) is 4.79 Å². The van der Waals surface area contributed by atoms with Crippen molar-refractivity contribution in [1.82, 2.24) is 0 Å². The Kier molecular flexibility index (Phi) is 6.56. The third-order valence-electron chi connectivity index (χ3n) is 7.35. The van der Waals surface area contributed by atoms with E-state index in [9.17, 15) is 23.2 Å². The Morgan fingerprint density at radius 2 is 1.79 bits per heavy atom. The molecule has 196 valence electrons. The number of carbonyl (C=O) groups is 1. The van der Waals surface area contributed by atoms with Crippen LogP contribution in [0.15, 0.2) is 42.5 Å². The summed E-state index contributed by atoms with van der Waals surface area (Å²) in [4.78, 5) is 11.7.